The van der Waals surface area contributed by atoms with Crippen LogP contribution in [0.2, 0.25) is 0 Å². The van der Waals surface area contributed by atoms with Crippen molar-refractivity contribution in [3.8, 4) is 0 Å². The van der Waals surface area contributed by atoms with Crippen LogP contribution in [0.5, 0.6) is 0 Å². The van der Waals surface area contributed by atoms with Crippen molar-refractivity contribution in [1.82, 2.24) is 20.4 Å². The number of nitrogens with one attached hydrogen (secondary N) is 2. The first-order valence-electron chi connectivity index (χ1n) is 15.4. The van der Waals surface area contributed by atoms with Crippen molar-refractivity contribution in [2.45, 2.75) is 89.1 Å². The van der Waals surface area contributed by atoms with Gasteiger partial charge in [-0.2, -0.15) is 11.3 Å². The second kappa shape index (κ2) is 14.7. The number of carbonyl (C=O) groups is 2. The van der Waals surface area contributed by atoms with Gasteiger partial charge in [-0.05, 0) is 67.5 Å². The van der Waals surface area contributed by atoms with Gasteiger partial charge in [0.1, 0.15) is 17.4 Å². The maximum atomic E-state index is 13.5. The Morgan fingerprint density at radius 3 is 2.48 bits per heavy atom. The minimum absolute atomic E-state index is 0.0136. The van der Waals surface area contributed by atoms with Gasteiger partial charge in [-0.1, -0.05) is 44.2 Å². The van der Waals surface area contributed by atoms with Crippen molar-refractivity contribution in [3.05, 3.63) is 58.3 Å². The number of hydrogen-bond donors (Lipinski definition) is 3. The molecule has 44 heavy (non-hydrogen) atoms. The van der Waals surface area contributed by atoms with Gasteiger partial charge in [0.2, 0.25) is 5.91 Å². The predicted octanol–water partition coefficient (Wildman–Crippen LogP) is 3.06. The third-order valence-corrected chi connectivity index (χ3v) is 11.4. The van der Waals surface area contributed by atoms with E-state index >= 15 is 0 Å². The van der Waals surface area contributed by atoms with E-state index in [9.17, 15) is 23.1 Å². The number of nitrogens with zero attached hydrogens (tertiary/aromatic N) is 2. The second-order valence-corrected chi connectivity index (χ2v) is 16.5. The Bertz CT molecular complexity index is 1330. The summed E-state index contributed by atoms with van der Waals surface area (Å²) in [5, 5.41) is 21.0. The van der Waals surface area contributed by atoms with Crippen molar-refractivity contribution < 1.29 is 27.9 Å². The molecule has 1 aromatic heterocycles. The van der Waals surface area contributed by atoms with Crippen LogP contribution in [0.1, 0.15) is 52.2 Å². The largest absolute Gasteiger partial charge is 0.445 e. The molecular formula is C32H48N4O6S2. The molecule has 1 aromatic carbocycles. The molecule has 0 bridgehead atoms. The zero-order chi connectivity index (χ0) is 32.1. The molecule has 0 radical (unpaired) electrons. The molecule has 3 N–H and O–H groups in total. The number of benzene rings is 1. The maximum Gasteiger partial charge on any atom is 0.407 e. The molecule has 4 rings (SSSR count). The number of thiophene rings is 1. The van der Waals surface area contributed by atoms with Crippen LogP contribution in [-0.2, 0) is 32.3 Å². The fraction of sp³-hybridized carbons (Fsp3) is 0.625. The third-order valence-electron chi connectivity index (χ3n) is 8.23. The lowest BCUT2D eigenvalue weighted by Crippen LogP contribution is -2.63. The minimum Gasteiger partial charge on any atom is -0.445 e. The molecule has 2 fully saturated rings. The molecule has 3 heterocycles. The third kappa shape index (κ3) is 9.50. The van der Waals surface area contributed by atoms with Gasteiger partial charge in [0, 0.05) is 38.3 Å². The standard InChI is InChI=1S/C32H48N4O6S2/c1-22(2)29-28(12-16-44(29,40)41)42-31(39)33-25(17-23-9-7-6-8-10-23)27(37)20-36-14-13-35(18-24-11-15-43-21-24)19-26(36)30(38)34-32(3,4)5/h6-11,15,21-22,25-29,37H,12-14,16-20H2,1-5H3,(H,33,39)(H,34,38)/t25-,26-,27+,28+,29+/m0/s1. The van der Waals surface area contributed by atoms with Crippen LogP contribution >= 0.6 is 11.3 Å². The fourth-order valence-electron chi connectivity index (χ4n) is 6.21. The summed E-state index contributed by atoms with van der Waals surface area (Å²) in [5.41, 5.74) is 1.71. The molecule has 2 saturated heterocycles. The Hall–Kier alpha value is -2.51. The molecule has 0 unspecified atom stereocenters. The van der Waals surface area contributed by atoms with E-state index in [1.165, 1.54) is 5.56 Å². The second-order valence-electron chi connectivity index (χ2n) is 13.4. The van der Waals surface area contributed by atoms with E-state index in [0.717, 1.165) is 18.7 Å². The highest BCUT2D eigenvalue weighted by atomic mass is 32.2. The van der Waals surface area contributed by atoms with Crippen LogP contribution in [0.15, 0.2) is 47.2 Å². The molecular weight excluding hydrogens is 601 g/mol. The maximum absolute atomic E-state index is 13.5. The van der Waals surface area contributed by atoms with Crippen LogP contribution < -0.4 is 10.6 Å². The Labute approximate surface area is 266 Å². The van der Waals surface area contributed by atoms with Gasteiger partial charge in [0.05, 0.1) is 17.9 Å². The molecule has 244 valence electrons. The monoisotopic (exact) mass is 648 g/mol. The van der Waals surface area contributed by atoms with Gasteiger partial charge in [0.15, 0.2) is 9.84 Å². The minimum atomic E-state index is -3.34. The highest BCUT2D eigenvalue weighted by molar-refractivity contribution is 7.92. The highest BCUT2D eigenvalue weighted by Crippen LogP contribution is 2.29. The predicted molar refractivity (Wildman–Crippen MR) is 173 cm³/mol. The Kier molecular flexibility index (Phi) is 11.5. The number of sulfone groups is 1. The molecule has 0 spiro atoms. The van der Waals surface area contributed by atoms with Gasteiger partial charge in [0.25, 0.3) is 0 Å². The van der Waals surface area contributed by atoms with Crippen molar-refractivity contribution in [2.24, 2.45) is 5.92 Å². The van der Waals surface area contributed by atoms with E-state index in [4.69, 9.17) is 4.74 Å². The summed E-state index contributed by atoms with van der Waals surface area (Å²) in [6.45, 7) is 12.2. The number of carbonyl (C=O) groups excluding carboxylic acids is 2. The Morgan fingerprint density at radius 1 is 1.11 bits per heavy atom. The van der Waals surface area contributed by atoms with E-state index in [2.05, 4.69) is 27.0 Å². The zero-order valence-corrected chi connectivity index (χ0v) is 28.1. The topological polar surface area (TPSA) is 128 Å². The molecule has 12 heteroatoms. The Balaban J connectivity index is 1.49. The van der Waals surface area contributed by atoms with Crippen LogP contribution in [0.25, 0.3) is 0 Å². The lowest BCUT2D eigenvalue weighted by molar-refractivity contribution is -0.131. The van der Waals surface area contributed by atoms with Crippen molar-refractivity contribution in [2.75, 3.05) is 31.9 Å². The number of rotatable bonds is 11. The molecule has 2 aromatic rings. The summed E-state index contributed by atoms with van der Waals surface area (Å²) in [6.07, 6.45) is -1.92. The Morgan fingerprint density at radius 2 is 1.84 bits per heavy atom. The summed E-state index contributed by atoms with van der Waals surface area (Å²) in [4.78, 5) is 31.0. The summed E-state index contributed by atoms with van der Waals surface area (Å²) in [5.74, 6) is -0.310. The summed E-state index contributed by atoms with van der Waals surface area (Å²) in [7, 11) is -3.34. The lowest BCUT2D eigenvalue weighted by atomic mass is 9.99. The first kappa shape index (κ1) is 34.4. The smallest absolute Gasteiger partial charge is 0.407 e. The molecule has 0 aliphatic carbocycles. The average Bonchev–Trinajstić information content (AvgIpc) is 3.55. The first-order valence-corrected chi connectivity index (χ1v) is 18.1. The summed E-state index contributed by atoms with van der Waals surface area (Å²) in [6, 6.07) is 10.4. The van der Waals surface area contributed by atoms with Crippen LogP contribution in [0.4, 0.5) is 4.79 Å². The van der Waals surface area contributed by atoms with E-state index in [1.807, 2.05) is 75.2 Å². The number of ether oxygens (including phenoxy) is 1. The number of β-amino-alcohol motifs (C(OH)–C–C–N with tert-alkyl or cyclic N) is 1. The van der Waals surface area contributed by atoms with Gasteiger partial charge < -0.3 is 20.5 Å². The average molecular weight is 649 g/mol. The molecule has 2 aliphatic rings. The fourth-order valence-corrected chi connectivity index (χ4v) is 9.18. The summed E-state index contributed by atoms with van der Waals surface area (Å²) >= 11 is 1.65. The van der Waals surface area contributed by atoms with Crippen molar-refractivity contribution in [3.63, 3.8) is 0 Å². The van der Waals surface area contributed by atoms with Gasteiger partial charge in [-0.15, -0.1) is 0 Å². The molecule has 10 nitrogen and oxygen atoms in total. The number of hydrogen-bond acceptors (Lipinski definition) is 9. The number of amides is 2. The number of piperazine rings is 1. The van der Waals surface area contributed by atoms with Crippen molar-refractivity contribution in [1.29, 1.82) is 0 Å². The SMILES string of the molecule is CC(C)[C@@H]1[C@H](OC(=O)N[C@@H](Cc2ccccc2)[C@H](O)CN2CCN(Cc3ccsc3)C[C@H]2C(=O)NC(C)(C)C)CCS1(=O)=O. The highest BCUT2D eigenvalue weighted by Gasteiger charge is 2.45. The van der Waals surface area contributed by atoms with Crippen LogP contribution in [0.3, 0.4) is 0 Å². The van der Waals surface area contributed by atoms with Gasteiger partial charge in [-0.3, -0.25) is 14.6 Å². The van der Waals surface area contributed by atoms with Gasteiger partial charge >= 0.3 is 6.09 Å². The normalized spacial score (nSPS) is 24.1. The molecule has 2 amide bonds. The number of aliphatic hydroxyl groups excluding tert-OH is 1. The zero-order valence-electron chi connectivity index (χ0n) is 26.4. The summed E-state index contributed by atoms with van der Waals surface area (Å²) < 4.78 is 30.8. The number of aliphatic hydroxyl groups is 1. The van der Waals surface area contributed by atoms with Crippen LogP contribution in [0, 0.1) is 5.92 Å². The van der Waals surface area contributed by atoms with E-state index < -0.39 is 51.0 Å². The lowest BCUT2D eigenvalue weighted by Gasteiger charge is -2.43. The van der Waals surface area contributed by atoms with Crippen molar-refractivity contribution >= 4 is 33.2 Å². The number of alkyl carbamates (subject to hydrolysis) is 1. The van der Waals surface area contributed by atoms with Gasteiger partial charge in [-0.25, -0.2) is 13.2 Å². The van der Waals surface area contributed by atoms with E-state index in [1.54, 1.807) is 11.3 Å². The molecule has 0 saturated carbocycles. The van der Waals surface area contributed by atoms with E-state index in [-0.39, 0.29) is 30.5 Å². The molecule has 2 aliphatic heterocycles. The quantitative estimate of drug-likeness (QED) is 0.339. The molecule has 5 atom stereocenters. The van der Waals surface area contributed by atoms with Crippen LogP contribution in [-0.4, -0.2) is 102 Å². The van der Waals surface area contributed by atoms with E-state index in [0.29, 0.717) is 19.5 Å². The first-order chi connectivity index (χ1) is 20.7.